The maximum atomic E-state index is 6.11. The Hall–Kier alpha value is -2.34. The smallest absolute Gasteiger partial charge is 0.160 e. The third kappa shape index (κ3) is 1.85. The van der Waals surface area contributed by atoms with Crippen molar-refractivity contribution in [1.82, 2.24) is 19.2 Å². The second-order valence-corrected chi connectivity index (χ2v) is 5.00. The summed E-state index contributed by atoms with van der Waals surface area (Å²) < 4.78 is 3.81. The van der Waals surface area contributed by atoms with Crippen LogP contribution >= 0.6 is 11.6 Å². The van der Waals surface area contributed by atoms with Crippen LogP contribution in [0.3, 0.4) is 0 Å². The van der Waals surface area contributed by atoms with E-state index in [1.54, 1.807) is 6.20 Å². The highest BCUT2D eigenvalue weighted by molar-refractivity contribution is 6.30. The van der Waals surface area contributed by atoms with Gasteiger partial charge < -0.3 is 9.72 Å². The van der Waals surface area contributed by atoms with E-state index in [2.05, 4.69) is 20.4 Å². The molecule has 4 rings (SSSR count). The zero-order valence-electron chi connectivity index (χ0n) is 10.5. The standard InChI is InChI=1S/C13H11ClN6/c14-9-5-11(13-16-2-3-19(13)8-9)17-12-6-10-7-15-1-4-20(10)18-12/h2-3,5-8H,1,4H2,(H,17,18). The van der Waals surface area contributed by atoms with Crippen molar-refractivity contribution in [2.75, 3.05) is 11.9 Å². The summed E-state index contributed by atoms with van der Waals surface area (Å²) in [7, 11) is 0. The Balaban J connectivity index is 1.75. The van der Waals surface area contributed by atoms with Crippen LogP contribution in [0.25, 0.3) is 5.65 Å². The summed E-state index contributed by atoms with van der Waals surface area (Å²) in [6.07, 6.45) is 7.25. The number of rotatable bonds is 2. The van der Waals surface area contributed by atoms with Crippen LogP contribution < -0.4 is 5.32 Å². The van der Waals surface area contributed by atoms with E-state index in [0.717, 1.165) is 35.9 Å². The fraction of sp³-hybridized carbons (Fsp3) is 0.154. The van der Waals surface area contributed by atoms with Gasteiger partial charge in [-0.15, -0.1) is 0 Å². The van der Waals surface area contributed by atoms with Crippen LogP contribution in [-0.4, -0.2) is 31.9 Å². The molecule has 0 saturated carbocycles. The molecule has 0 aromatic carbocycles. The van der Waals surface area contributed by atoms with Crippen molar-refractivity contribution in [3.8, 4) is 0 Å². The molecular formula is C13H11ClN6. The Morgan fingerprint density at radius 3 is 3.15 bits per heavy atom. The van der Waals surface area contributed by atoms with Gasteiger partial charge in [0.15, 0.2) is 11.5 Å². The molecule has 1 N–H and O–H groups in total. The van der Waals surface area contributed by atoms with E-state index >= 15 is 0 Å². The molecule has 0 amide bonds. The summed E-state index contributed by atoms with van der Waals surface area (Å²) in [6.45, 7) is 1.58. The lowest BCUT2D eigenvalue weighted by Crippen LogP contribution is -2.11. The minimum Gasteiger partial charge on any atom is -0.336 e. The average Bonchev–Trinajstić information content (AvgIpc) is 3.03. The average molecular weight is 287 g/mol. The summed E-state index contributed by atoms with van der Waals surface area (Å²) >= 11 is 6.11. The first kappa shape index (κ1) is 11.5. The molecule has 1 aliphatic heterocycles. The second-order valence-electron chi connectivity index (χ2n) is 4.57. The highest BCUT2D eigenvalue weighted by Crippen LogP contribution is 2.24. The molecule has 7 heteroatoms. The fourth-order valence-electron chi connectivity index (χ4n) is 2.31. The summed E-state index contributed by atoms with van der Waals surface area (Å²) in [6, 6.07) is 3.80. The molecule has 0 radical (unpaired) electrons. The lowest BCUT2D eigenvalue weighted by molar-refractivity contribution is 0.613. The first-order valence-electron chi connectivity index (χ1n) is 6.26. The van der Waals surface area contributed by atoms with Crippen molar-refractivity contribution >= 4 is 35.0 Å². The van der Waals surface area contributed by atoms with E-state index < -0.39 is 0 Å². The number of imidazole rings is 1. The van der Waals surface area contributed by atoms with Crippen molar-refractivity contribution in [2.45, 2.75) is 6.54 Å². The number of pyridine rings is 1. The molecule has 3 aromatic heterocycles. The minimum absolute atomic E-state index is 0.642. The number of aliphatic imine (C=N–C) groups is 1. The van der Waals surface area contributed by atoms with Gasteiger partial charge in [-0.2, -0.15) is 5.10 Å². The van der Waals surface area contributed by atoms with Crippen LogP contribution in [0.1, 0.15) is 5.69 Å². The van der Waals surface area contributed by atoms with E-state index in [1.165, 1.54) is 0 Å². The molecule has 0 fully saturated rings. The maximum absolute atomic E-state index is 6.11. The Kier molecular flexibility index (Phi) is 2.50. The molecule has 100 valence electrons. The molecule has 0 unspecified atom stereocenters. The van der Waals surface area contributed by atoms with Crippen LogP contribution in [0.4, 0.5) is 11.5 Å². The van der Waals surface area contributed by atoms with Crippen LogP contribution in [-0.2, 0) is 6.54 Å². The Bertz CT molecular complexity index is 815. The predicted molar refractivity (Wildman–Crippen MR) is 78.2 cm³/mol. The zero-order valence-corrected chi connectivity index (χ0v) is 11.2. The maximum Gasteiger partial charge on any atom is 0.160 e. The van der Waals surface area contributed by atoms with Gasteiger partial charge in [0.25, 0.3) is 0 Å². The molecule has 0 atom stereocenters. The van der Waals surface area contributed by atoms with Gasteiger partial charge in [0.1, 0.15) is 0 Å². The monoisotopic (exact) mass is 286 g/mol. The Morgan fingerprint density at radius 2 is 2.25 bits per heavy atom. The van der Waals surface area contributed by atoms with Gasteiger partial charge in [-0.1, -0.05) is 11.6 Å². The van der Waals surface area contributed by atoms with Crippen LogP contribution in [0.2, 0.25) is 5.02 Å². The Labute approximate surface area is 119 Å². The van der Waals surface area contributed by atoms with Crippen molar-refractivity contribution in [1.29, 1.82) is 0 Å². The summed E-state index contributed by atoms with van der Waals surface area (Å²) in [5.41, 5.74) is 2.64. The number of nitrogens with one attached hydrogen (secondary N) is 1. The molecule has 20 heavy (non-hydrogen) atoms. The van der Waals surface area contributed by atoms with E-state index in [0.29, 0.717) is 5.02 Å². The van der Waals surface area contributed by atoms with Gasteiger partial charge in [-0.3, -0.25) is 9.67 Å². The summed E-state index contributed by atoms with van der Waals surface area (Å²) in [5.74, 6) is 0.764. The van der Waals surface area contributed by atoms with E-state index in [4.69, 9.17) is 11.6 Å². The molecule has 4 heterocycles. The first-order chi connectivity index (χ1) is 9.79. The van der Waals surface area contributed by atoms with E-state index in [9.17, 15) is 0 Å². The van der Waals surface area contributed by atoms with Gasteiger partial charge in [0.2, 0.25) is 0 Å². The highest BCUT2D eigenvalue weighted by Gasteiger charge is 2.11. The van der Waals surface area contributed by atoms with Crippen LogP contribution in [0.15, 0.2) is 35.7 Å². The molecule has 0 saturated heterocycles. The number of nitrogens with zero attached hydrogens (tertiary/aromatic N) is 5. The van der Waals surface area contributed by atoms with Crippen molar-refractivity contribution in [3.05, 3.63) is 41.4 Å². The number of fused-ring (bicyclic) bond motifs is 2. The van der Waals surface area contributed by atoms with E-state index in [1.807, 2.05) is 39.8 Å². The van der Waals surface area contributed by atoms with Gasteiger partial charge in [0, 0.05) is 30.9 Å². The molecule has 6 nitrogen and oxygen atoms in total. The third-order valence-electron chi connectivity index (χ3n) is 3.19. The normalized spacial score (nSPS) is 13.7. The minimum atomic E-state index is 0.642. The quantitative estimate of drug-likeness (QED) is 0.787. The van der Waals surface area contributed by atoms with Crippen molar-refractivity contribution < 1.29 is 0 Å². The summed E-state index contributed by atoms with van der Waals surface area (Å²) in [4.78, 5) is 8.56. The SMILES string of the molecule is Clc1cc(Nc2cc3n(n2)CCN=C3)c2nccn2c1. The largest absolute Gasteiger partial charge is 0.336 e. The number of anilines is 2. The van der Waals surface area contributed by atoms with Crippen molar-refractivity contribution in [3.63, 3.8) is 0 Å². The number of hydrogen-bond acceptors (Lipinski definition) is 4. The lowest BCUT2D eigenvalue weighted by atomic mass is 10.3. The van der Waals surface area contributed by atoms with Gasteiger partial charge in [-0.25, -0.2) is 4.98 Å². The highest BCUT2D eigenvalue weighted by atomic mass is 35.5. The van der Waals surface area contributed by atoms with Gasteiger partial charge >= 0.3 is 0 Å². The zero-order chi connectivity index (χ0) is 13.5. The van der Waals surface area contributed by atoms with Crippen LogP contribution in [0.5, 0.6) is 0 Å². The van der Waals surface area contributed by atoms with Gasteiger partial charge in [0.05, 0.1) is 29.5 Å². The molecule has 3 aromatic rings. The lowest BCUT2D eigenvalue weighted by Gasteiger charge is -2.06. The number of halogens is 1. The van der Waals surface area contributed by atoms with E-state index in [-0.39, 0.29) is 0 Å². The van der Waals surface area contributed by atoms with Crippen molar-refractivity contribution in [2.24, 2.45) is 4.99 Å². The molecule has 0 aliphatic carbocycles. The molecule has 1 aliphatic rings. The van der Waals surface area contributed by atoms with Crippen LogP contribution in [0, 0.1) is 0 Å². The number of hydrogen-bond donors (Lipinski definition) is 1. The second kappa shape index (κ2) is 4.35. The third-order valence-corrected chi connectivity index (χ3v) is 3.40. The topological polar surface area (TPSA) is 59.5 Å². The molecule has 0 bridgehead atoms. The Morgan fingerprint density at radius 1 is 1.30 bits per heavy atom. The molecule has 0 spiro atoms. The van der Waals surface area contributed by atoms with Gasteiger partial charge in [-0.05, 0) is 6.07 Å². The number of aromatic nitrogens is 4. The first-order valence-corrected chi connectivity index (χ1v) is 6.64. The fourth-order valence-corrected chi connectivity index (χ4v) is 2.53. The molecular weight excluding hydrogens is 276 g/mol. The predicted octanol–water partition coefficient (Wildman–Crippen LogP) is 2.36. The summed E-state index contributed by atoms with van der Waals surface area (Å²) in [5, 5.41) is 8.41.